The Morgan fingerprint density at radius 3 is 2.89 bits per heavy atom. The Balaban J connectivity index is 1.50. The van der Waals surface area contributed by atoms with Crippen molar-refractivity contribution >= 4 is 37.8 Å². The van der Waals surface area contributed by atoms with Gasteiger partial charge in [0.05, 0.1) is 24.3 Å². The topological polar surface area (TPSA) is 129 Å². The second kappa shape index (κ2) is 11.2. The highest BCUT2D eigenvalue weighted by Gasteiger charge is 2.36. The Morgan fingerprint density at radius 1 is 1.36 bits per heavy atom. The molecule has 2 heterocycles. The van der Waals surface area contributed by atoms with Crippen LogP contribution in [0, 0.1) is 5.92 Å². The summed E-state index contributed by atoms with van der Waals surface area (Å²) in [6.45, 7) is 1.88. The van der Waals surface area contributed by atoms with Crippen molar-refractivity contribution in [1.29, 1.82) is 0 Å². The van der Waals surface area contributed by atoms with Gasteiger partial charge in [0.2, 0.25) is 0 Å². The van der Waals surface area contributed by atoms with E-state index in [1.165, 1.54) is 12.5 Å². The third-order valence-electron chi connectivity index (χ3n) is 6.29. The van der Waals surface area contributed by atoms with Crippen LogP contribution in [0.1, 0.15) is 53.7 Å². The van der Waals surface area contributed by atoms with E-state index in [0.29, 0.717) is 12.0 Å². The first-order chi connectivity index (χ1) is 17.1. The summed E-state index contributed by atoms with van der Waals surface area (Å²) < 4.78 is 44.4. The third kappa shape index (κ3) is 6.36. The summed E-state index contributed by atoms with van der Waals surface area (Å²) in [4.78, 5) is 21.6. The van der Waals surface area contributed by atoms with Gasteiger partial charge in [0.15, 0.2) is 5.78 Å². The SMILES string of the molecule is CCC(c1cccc(Br)c1)n1ccc(C(=O)c2cncnc2N[C@@H]2C[C@H](COS(N)(=O)=O)C[C@@H]2F)c1. The summed E-state index contributed by atoms with van der Waals surface area (Å²) in [6, 6.07) is 9.18. The van der Waals surface area contributed by atoms with E-state index in [9.17, 15) is 17.6 Å². The van der Waals surface area contributed by atoms with Gasteiger partial charge in [-0.3, -0.25) is 8.98 Å². The van der Waals surface area contributed by atoms with Gasteiger partial charge in [0.1, 0.15) is 18.3 Å². The number of nitrogens with zero attached hydrogens (tertiary/aromatic N) is 3. The number of ketones is 1. The molecule has 12 heteroatoms. The molecule has 0 spiro atoms. The number of hydrogen-bond donors (Lipinski definition) is 2. The second-order valence-electron chi connectivity index (χ2n) is 8.82. The van der Waals surface area contributed by atoms with E-state index < -0.39 is 22.5 Å². The number of rotatable bonds is 10. The average molecular weight is 580 g/mol. The Morgan fingerprint density at radius 2 is 2.17 bits per heavy atom. The average Bonchev–Trinajstić information content (AvgIpc) is 3.45. The third-order valence-corrected chi connectivity index (χ3v) is 7.24. The van der Waals surface area contributed by atoms with Crippen LogP contribution in [0.25, 0.3) is 0 Å². The van der Waals surface area contributed by atoms with Crippen molar-refractivity contribution in [3.8, 4) is 0 Å². The van der Waals surface area contributed by atoms with Crippen molar-refractivity contribution < 1.29 is 21.8 Å². The van der Waals surface area contributed by atoms with Crippen LogP contribution < -0.4 is 10.5 Å². The summed E-state index contributed by atoms with van der Waals surface area (Å²) in [6.07, 6.45) is 6.32. The number of anilines is 1. The molecule has 0 amide bonds. The summed E-state index contributed by atoms with van der Waals surface area (Å²) in [5.41, 5.74) is 1.80. The van der Waals surface area contributed by atoms with Gasteiger partial charge >= 0.3 is 10.3 Å². The fourth-order valence-corrected chi connectivity index (χ4v) is 5.38. The number of aromatic nitrogens is 3. The van der Waals surface area contributed by atoms with Crippen molar-refractivity contribution in [2.75, 3.05) is 11.9 Å². The molecule has 36 heavy (non-hydrogen) atoms. The molecule has 0 radical (unpaired) electrons. The zero-order valence-electron chi connectivity index (χ0n) is 19.6. The van der Waals surface area contributed by atoms with Crippen LogP contribution in [-0.2, 0) is 14.5 Å². The zero-order chi connectivity index (χ0) is 25.9. The van der Waals surface area contributed by atoms with Gasteiger partial charge in [-0.2, -0.15) is 8.42 Å². The van der Waals surface area contributed by atoms with Gasteiger partial charge in [-0.25, -0.2) is 19.5 Å². The summed E-state index contributed by atoms with van der Waals surface area (Å²) in [5, 5.41) is 7.88. The van der Waals surface area contributed by atoms with Crippen LogP contribution in [0.3, 0.4) is 0 Å². The van der Waals surface area contributed by atoms with Crippen molar-refractivity contribution in [2.45, 2.75) is 44.4 Å². The first-order valence-electron chi connectivity index (χ1n) is 11.5. The largest absolute Gasteiger partial charge is 0.364 e. The number of halogens is 2. The smallest absolute Gasteiger partial charge is 0.333 e. The van der Waals surface area contributed by atoms with Crippen LogP contribution in [0.15, 0.2) is 59.7 Å². The van der Waals surface area contributed by atoms with Gasteiger partial charge in [-0.1, -0.05) is 35.0 Å². The molecule has 1 saturated carbocycles. The van der Waals surface area contributed by atoms with Gasteiger partial charge in [-0.05, 0) is 48.9 Å². The van der Waals surface area contributed by atoms with Crippen LogP contribution in [0.4, 0.5) is 10.2 Å². The molecule has 192 valence electrons. The number of benzene rings is 1. The van der Waals surface area contributed by atoms with Gasteiger partial charge in [0, 0.05) is 28.6 Å². The number of nitrogens with two attached hydrogens (primary N) is 1. The highest BCUT2D eigenvalue weighted by Crippen LogP contribution is 2.32. The molecule has 4 rings (SSSR count). The highest BCUT2D eigenvalue weighted by atomic mass is 79.9. The fraction of sp³-hybridized carbons (Fsp3) is 0.375. The fourth-order valence-electron chi connectivity index (χ4n) is 4.58. The number of nitrogens with one attached hydrogen (secondary N) is 1. The molecule has 0 aliphatic heterocycles. The van der Waals surface area contributed by atoms with E-state index in [-0.39, 0.29) is 42.2 Å². The number of hydrogen-bond acceptors (Lipinski definition) is 7. The quantitative estimate of drug-likeness (QED) is 0.347. The molecule has 0 bridgehead atoms. The number of alkyl halides is 1. The lowest BCUT2D eigenvalue weighted by Crippen LogP contribution is -2.27. The van der Waals surface area contributed by atoms with Gasteiger partial charge in [-0.15, -0.1) is 0 Å². The molecule has 2 aromatic heterocycles. The van der Waals surface area contributed by atoms with Crippen molar-refractivity contribution in [3.05, 3.63) is 76.4 Å². The number of carbonyl (C=O) groups excluding carboxylic acids is 1. The molecule has 1 aliphatic rings. The van der Waals surface area contributed by atoms with Crippen molar-refractivity contribution in [3.63, 3.8) is 0 Å². The molecule has 3 N–H and O–H groups in total. The molecule has 1 unspecified atom stereocenters. The van der Waals surface area contributed by atoms with Gasteiger partial charge < -0.3 is 9.88 Å². The van der Waals surface area contributed by atoms with Crippen molar-refractivity contribution in [2.24, 2.45) is 11.1 Å². The van der Waals surface area contributed by atoms with Crippen molar-refractivity contribution in [1.82, 2.24) is 14.5 Å². The Labute approximate surface area is 217 Å². The normalized spacial score (nSPS) is 20.8. The van der Waals surface area contributed by atoms with E-state index in [4.69, 9.17) is 5.14 Å². The van der Waals surface area contributed by atoms with Crippen LogP contribution >= 0.6 is 15.9 Å². The molecule has 1 aliphatic carbocycles. The van der Waals surface area contributed by atoms with Gasteiger partial charge in [0.25, 0.3) is 0 Å². The number of carbonyl (C=O) groups is 1. The minimum Gasteiger partial charge on any atom is -0.364 e. The van der Waals surface area contributed by atoms with Crippen LogP contribution in [0.5, 0.6) is 0 Å². The lowest BCUT2D eigenvalue weighted by molar-refractivity contribution is 0.103. The lowest BCUT2D eigenvalue weighted by atomic mass is 10.0. The minimum atomic E-state index is -4.09. The maximum atomic E-state index is 14.7. The second-order valence-corrected chi connectivity index (χ2v) is 11.0. The molecule has 1 fully saturated rings. The van der Waals surface area contributed by atoms with E-state index in [1.54, 1.807) is 12.3 Å². The standard InChI is InChI=1S/C24H27BrFN5O4S/c1-2-22(16-4-3-5-18(25)10-16)31-7-6-17(12-31)23(32)19-11-28-14-29-24(19)30-21-9-15(8-20(21)26)13-35-36(27,33)34/h3-7,10-12,14-15,20-22H,2,8-9,13H2,1H3,(H2,27,33,34)(H,28,29,30)/t15-,20+,21-,22?/m1/s1. The maximum Gasteiger partial charge on any atom is 0.333 e. The Bertz CT molecular complexity index is 1340. The highest BCUT2D eigenvalue weighted by molar-refractivity contribution is 9.10. The predicted molar refractivity (Wildman–Crippen MR) is 137 cm³/mol. The monoisotopic (exact) mass is 579 g/mol. The first kappa shape index (κ1) is 26.4. The minimum absolute atomic E-state index is 0.0518. The predicted octanol–water partition coefficient (Wildman–Crippen LogP) is 4.02. The molecule has 4 atom stereocenters. The summed E-state index contributed by atoms with van der Waals surface area (Å²) >= 11 is 3.51. The lowest BCUT2D eigenvalue weighted by Gasteiger charge is -2.18. The molecular weight excluding hydrogens is 553 g/mol. The molecular formula is C24H27BrFN5O4S. The molecule has 0 saturated heterocycles. The molecule has 1 aromatic carbocycles. The Kier molecular flexibility index (Phi) is 8.18. The van der Waals surface area contributed by atoms with Crippen LogP contribution in [0.2, 0.25) is 0 Å². The molecule has 9 nitrogen and oxygen atoms in total. The Hall–Kier alpha value is -2.67. The summed E-state index contributed by atoms with van der Waals surface area (Å²) in [7, 11) is -4.09. The summed E-state index contributed by atoms with van der Waals surface area (Å²) in [5.74, 6) is -0.402. The van der Waals surface area contributed by atoms with E-state index in [2.05, 4.69) is 48.4 Å². The molecule has 3 aromatic rings. The zero-order valence-corrected chi connectivity index (χ0v) is 22.0. The van der Waals surface area contributed by atoms with E-state index in [1.807, 2.05) is 29.0 Å². The van der Waals surface area contributed by atoms with E-state index >= 15 is 0 Å². The van der Waals surface area contributed by atoms with E-state index in [0.717, 1.165) is 16.5 Å². The first-order valence-corrected chi connectivity index (χ1v) is 13.8. The van der Waals surface area contributed by atoms with Crippen LogP contribution in [-0.4, -0.2) is 47.6 Å². The maximum absolute atomic E-state index is 14.7.